The van der Waals surface area contributed by atoms with Gasteiger partial charge in [0.1, 0.15) is 11.5 Å². The maximum atomic E-state index is 5.53. The SMILES string of the molecule is COc1cccc([C@@H]2c3cc(OC)ccc3-c3ccc4ccccc4c32)c1. The second kappa shape index (κ2) is 6.17. The number of hydrogen-bond donors (Lipinski definition) is 0. The van der Waals surface area contributed by atoms with Crippen LogP contribution in [0.1, 0.15) is 22.6 Å². The summed E-state index contributed by atoms with van der Waals surface area (Å²) in [4.78, 5) is 0. The number of ether oxygens (including phenoxy) is 2. The first kappa shape index (κ1) is 16.0. The van der Waals surface area contributed by atoms with Crippen LogP contribution in [0.2, 0.25) is 0 Å². The van der Waals surface area contributed by atoms with Crippen LogP contribution in [-0.2, 0) is 0 Å². The molecular weight excluding hydrogens is 332 g/mol. The molecule has 1 aliphatic carbocycles. The van der Waals surface area contributed by atoms with Crippen molar-refractivity contribution in [2.45, 2.75) is 5.92 Å². The van der Waals surface area contributed by atoms with Gasteiger partial charge in [0.15, 0.2) is 0 Å². The zero-order valence-corrected chi connectivity index (χ0v) is 15.4. The second-order valence-corrected chi connectivity index (χ2v) is 6.91. The zero-order chi connectivity index (χ0) is 18.4. The summed E-state index contributed by atoms with van der Waals surface area (Å²) in [6, 6.07) is 27.9. The Hall–Kier alpha value is -3.26. The van der Waals surface area contributed by atoms with Gasteiger partial charge in [-0.15, -0.1) is 0 Å². The Labute approximate surface area is 159 Å². The van der Waals surface area contributed by atoms with Gasteiger partial charge in [-0.25, -0.2) is 0 Å². The quantitative estimate of drug-likeness (QED) is 0.395. The standard InChI is InChI=1S/C25H20O2/c1-26-18-8-5-7-17(14-18)24-23-15-19(27-2)11-13-21(23)22-12-10-16-6-3-4-9-20(16)25(22)24/h3-15,24H,1-2H3/t24-/m1/s1. The fourth-order valence-corrected chi connectivity index (χ4v) is 4.32. The van der Waals surface area contributed by atoms with Crippen molar-refractivity contribution in [3.63, 3.8) is 0 Å². The van der Waals surface area contributed by atoms with E-state index >= 15 is 0 Å². The van der Waals surface area contributed by atoms with Crippen LogP contribution in [0.5, 0.6) is 11.5 Å². The van der Waals surface area contributed by atoms with Crippen LogP contribution in [-0.4, -0.2) is 14.2 Å². The Morgan fingerprint density at radius 1 is 0.667 bits per heavy atom. The van der Waals surface area contributed by atoms with Crippen LogP contribution in [0, 0.1) is 0 Å². The van der Waals surface area contributed by atoms with Crippen molar-refractivity contribution in [2.24, 2.45) is 0 Å². The average Bonchev–Trinajstić information content (AvgIpc) is 3.07. The molecule has 0 bridgehead atoms. The van der Waals surface area contributed by atoms with Gasteiger partial charge in [-0.1, -0.05) is 54.6 Å². The molecule has 0 aromatic heterocycles. The predicted molar refractivity (Wildman–Crippen MR) is 110 cm³/mol. The minimum atomic E-state index is 0.159. The molecule has 0 aliphatic heterocycles. The van der Waals surface area contributed by atoms with Gasteiger partial charge in [0.05, 0.1) is 14.2 Å². The van der Waals surface area contributed by atoms with Crippen molar-refractivity contribution >= 4 is 10.8 Å². The molecule has 0 saturated heterocycles. The molecule has 2 heteroatoms. The summed E-state index contributed by atoms with van der Waals surface area (Å²) in [7, 11) is 3.44. The summed E-state index contributed by atoms with van der Waals surface area (Å²) in [6.45, 7) is 0. The van der Waals surface area contributed by atoms with Crippen LogP contribution >= 0.6 is 0 Å². The highest BCUT2D eigenvalue weighted by Gasteiger charge is 2.32. The van der Waals surface area contributed by atoms with Gasteiger partial charge < -0.3 is 9.47 Å². The smallest absolute Gasteiger partial charge is 0.119 e. The van der Waals surface area contributed by atoms with Crippen LogP contribution < -0.4 is 9.47 Å². The van der Waals surface area contributed by atoms with Gasteiger partial charge in [-0.3, -0.25) is 0 Å². The first-order valence-corrected chi connectivity index (χ1v) is 9.14. The molecule has 0 amide bonds. The van der Waals surface area contributed by atoms with Gasteiger partial charge in [0, 0.05) is 5.92 Å². The van der Waals surface area contributed by atoms with E-state index in [-0.39, 0.29) is 5.92 Å². The first-order chi connectivity index (χ1) is 13.3. The molecular formula is C25H20O2. The lowest BCUT2D eigenvalue weighted by molar-refractivity contribution is 0.413. The summed E-state index contributed by atoms with van der Waals surface area (Å²) < 4.78 is 11.0. The Bertz CT molecular complexity index is 1160. The normalized spacial score (nSPS) is 14.7. The van der Waals surface area contributed by atoms with Gasteiger partial charge in [-0.05, 0) is 62.9 Å². The minimum Gasteiger partial charge on any atom is -0.497 e. The van der Waals surface area contributed by atoms with E-state index in [1.165, 1.54) is 38.6 Å². The molecule has 1 aliphatic rings. The van der Waals surface area contributed by atoms with Gasteiger partial charge >= 0.3 is 0 Å². The Balaban J connectivity index is 1.85. The number of hydrogen-bond acceptors (Lipinski definition) is 2. The van der Waals surface area contributed by atoms with E-state index in [2.05, 4.69) is 66.7 Å². The summed E-state index contributed by atoms with van der Waals surface area (Å²) in [6.07, 6.45) is 0. The number of benzene rings is 4. The van der Waals surface area contributed by atoms with E-state index in [0.29, 0.717) is 0 Å². The monoisotopic (exact) mass is 352 g/mol. The average molecular weight is 352 g/mol. The molecule has 0 N–H and O–H groups in total. The molecule has 5 rings (SSSR count). The van der Waals surface area contributed by atoms with Gasteiger partial charge in [0.25, 0.3) is 0 Å². The van der Waals surface area contributed by atoms with E-state index in [9.17, 15) is 0 Å². The molecule has 4 aromatic rings. The predicted octanol–water partition coefficient (Wildman–Crippen LogP) is 6.02. The van der Waals surface area contributed by atoms with E-state index in [1.54, 1.807) is 14.2 Å². The first-order valence-electron chi connectivity index (χ1n) is 9.14. The fourth-order valence-electron chi connectivity index (χ4n) is 4.32. The van der Waals surface area contributed by atoms with E-state index in [1.807, 2.05) is 12.1 Å². The number of methoxy groups -OCH3 is 2. The number of rotatable bonds is 3. The van der Waals surface area contributed by atoms with Crippen LogP contribution in [0.3, 0.4) is 0 Å². The van der Waals surface area contributed by atoms with Crippen molar-refractivity contribution in [1.29, 1.82) is 0 Å². The molecule has 0 unspecified atom stereocenters. The minimum absolute atomic E-state index is 0.159. The highest BCUT2D eigenvalue weighted by Crippen LogP contribution is 2.51. The van der Waals surface area contributed by atoms with Gasteiger partial charge in [0.2, 0.25) is 0 Å². The summed E-state index contributed by atoms with van der Waals surface area (Å²) in [5.74, 6) is 1.93. The van der Waals surface area contributed by atoms with Gasteiger partial charge in [-0.2, -0.15) is 0 Å². The molecule has 4 aromatic carbocycles. The molecule has 0 fully saturated rings. The second-order valence-electron chi connectivity index (χ2n) is 6.91. The third-order valence-electron chi connectivity index (χ3n) is 5.55. The molecule has 0 saturated carbocycles. The Morgan fingerprint density at radius 3 is 2.30 bits per heavy atom. The maximum Gasteiger partial charge on any atom is 0.119 e. The number of fused-ring (bicyclic) bond motifs is 5. The fraction of sp³-hybridized carbons (Fsp3) is 0.120. The molecule has 27 heavy (non-hydrogen) atoms. The van der Waals surface area contributed by atoms with E-state index in [0.717, 1.165) is 11.5 Å². The summed E-state index contributed by atoms with van der Waals surface area (Å²) in [5.41, 5.74) is 6.47. The summed E-state index contributed by atoms with van der Waals surface area (Å²) >= 11 is 0. The van der Waals surface area contributed by atoms with Crippen molar-refractivity contribution in [3.8, 4) is 22.6 Å². The molecule has 0 radical (unpaired) electrons. The van der Waals surface area contributed by atoms with Crippen molar-refractivity contribution < 1.29 is 9.47 Å². The van der Waals surface area contributed by atoms with Crippen molar-refractivity contribution in [2.75, 3.05) is 14.2 Å². The lowest BCUT2D eigenvalue weighted by Gasteiger charge is -2.17. The zero-order valence-electron chi connectivity index (χ0n) is 15.4. The molecule has 1 atom stereocenters. The van der Waals surface area contributed by atoms with E-state index < -0.39 is 0 Å². The highest BCUT2D eigenvalue weighted by molar-refractivity contribution is 5.97. The lowest BCUT2D eigenvalue weighted by atomic mass is 9.86. The Morgan fingerprint density at radius 2 is 1.44 bits per heavy atom. The molecule has 0 spiro atoms. The third kappa shape index (κ3) is 2.41. The lowest BCUT2D eigenvalue weighted by Crippen LogP contribution is -2.01. The van der Waals surface area contributed by atoms with Crippen molar-refractivity contribution in [3.05, 3.63) is 95.6 Å². The Kier molecular flexibility index (Phi) is 3.64. The maximum absolute atomic E-state index is 5.53. The van der Waals surface area contributed by atoms with Crippen LogP contribution in [0.4, 0.5) is 0 Å². The van der Waals surface area contributed by atoms with Crippen LogP contribution in [0.25, 0.3) is 21.9 Å². The molecule has 2 nitrogen and oxygen atoms in total. The third-order valence-corrected chi connectivity index (χ3v) is 5.55. The largest absolute Gasteiger partial charge is 0.497 e. The van der Waals surface area contributed by atoms with Crippen molar-refractivity contribution in [1.82, 2.24) is 0 Å². The van der Waals surface area contributed by atoms with Crippen LogP contribution in [0.15, 0.2) is 78.9 Å². The molecule has 0 heterocycles. The summed E-state index contributed by atoms with van der Waals surface area (Å²) in [5, 5.41) is 2.57. The van der Waals surface area contributed by atoms with E-state index in [4.69, 9.17) is 9.47 Å². The topological polar surface area (TPSA) is 18.5 Å². The molecule has 132 valence electrons. The highest BCUT2D eigenvalue weighted by atomic mass is 16.5.